The number of hydrogen-bond donors (Lipinski definition) is 0. The monoisotopic (exact) mass is 397 g/mol. The van der Waals surface area contributed by atoms with Crippen LogP contribution in [0.4, 0.5) is 5.13 Å². The molecule has 4 nitrogen and oxygen atoms in total. The number of nitrogens with zero attached hydrogens (tertiary/aromatic N) is 3. The van der Waals surface area contributed by atoms with Crippen LogP contribution in [0.15, 0.2) is 47.5 Å². The number of rotatable bonds is 5. The topological polar surface area (TPSA) is 47.4 Å². The lowest BCUT2D eigenvalue weighted by Crippen LogP contribution is -1.95. The number of halogens is 3. The molecule has 0 fully saturated rings. The van der Waals surface area contributed by atoms with Crippen LogP contribution >= 0.6 is 46.1 Å². The minimum atomic E-state index is 0.259. The van der Waals surface area contributed by atoms with E-state index in [0.29, 0.717) is 31.0 Å². The summed E-state index contributed by atoms with van der Waals surface area (Å²) in [7, 11) is 0. The van der Waals surface area contributed by atoms with Crippen LogP contribution in [-0.2, 0) is 6.61 Å². The van der Waals surface area contributed by atoms with Gasteiger partial charge in [-0.25, -0.2) is 4.99 Å². The zero-order chi connectivity index (χ0) is 16.9. The summed E-state index contributed by atoms with van der Waals surface area (Å²) in [5.41, 5.74) is 0.931. The summed E-state index contributed by atoms with van der Waals surface area (Å²) >= 11 is 19.1. The van der Waals surface area contributed by atoms with Gasteiger partial charge in [0.2, 0.25) is 5.13 Å². The van der Waals surface area contributed by atoms with Crippen molar-refractivity contribution in [2.45, 2.75) is 6.61 Å². The first-order valence-corrected chi connectivity index (χ1v) is 8.75. The van der Waals surface area contributed by atoms with Crippen molar-refractivity contribution in [2.24, 2.45) is 4.99 Å². The van der Waals surface area contributed by atoms with E-state index in [1.54, 1.807) is 36.5 Å². The molecule has 1 heterocycles. The summed E-state index contributed by atoms with van der Waals surface area (Å²) in [6, 6.07) is 12.4. The first-order chi connectivity index (χ1) is 11.6. The van der Waals surface area contributed by atoms with Crippen LogP contribution in [0.5, 0.6) is 5.75 Å². The molecular formula is C16H10Cl3N3OS. The van der Waals surface area contributed by atoms with E-state index in [4.69, 9.17) is 39.5 Å². The predicted molar refractivity (Wildman–Crippen MR) is 99.4 cm³/mol. The second-order valence-corrected chi connectivity index (χ2v) is 6.97. The third-order valence-corrected chi connectivity index (χ3v) is 4.48. The second kappa shape index (κ2) is 7.94. The van der Waals surface area contributed by atoms with Crippen molar-refractivity contribution < 1.29 is 4.74 Å². The smallest absolute Gasteiger partial charge is 0.231 e. The van der Waals surface area contributed by atoms with Crippen LogP contribution in [0.2, 0.25) is 15.1 Å². The van der Waals surface area contributed by atoms with E-state index < -0.39 is 0 Å². The first kappa shape index (κ1) is 17.2. The van der Waals surface area contributed by atoms with Gasteiger partial charge in [-0.1, -0.05) is 58.3 Å². The fourth-order valence-electron chi connectivity index (χ4n) is 1.77. The maximum absolute atomic E-state index is 6.05. The summed E-state index contributed by atoms with van der Waals surface area (Å²) < 4.78 is 5.62. The van der Waals surface area contributed by atoms with Gasteiger partial charge in [0.15, 0.2) is 5.01 Å². The maximum Gasteiger partial charge on any atom is 0.231 e. The van der Waals surface area contributed by atoms with Crippen molar-refractivity contribution in [1.82, 2.24) is 10.2 Å². The average Bonchev–Trinajstić information content (AvgIpc) is 3.01. The molecule has 0 aliphatic rings. The Morgan fingerprint density at radius 2 is 1.75 bits per heavy atom. The molecule has 8 heteroatoms. The molecule has 0 N–H and O–H groups in total. The van der Waals surface area contributed by atoms with Gasteiger partial charge in [-0.15, -0.1) is 10.2 Å². The standard InChI is InChI=1S/C16H10Cl3N3OS/c17-11-3-1-10(2-4-11)8-20-16-22-21-15(24-16)9-23-14-6-5-12(18)7-13(14)19/h1-8H,9H2. The van der Waals surface area contributed by atoms with Crippen LogP contribution in [0.1, 0.15) is 10.6 Å². The Kier molecular flexibility index (Phi) is 5.68. The highest BCUT2D eigenvalue weighted by Crippen LogP contribution is 2.29. The van der Waals surface area contributed by atoms with Gasteiger partial charge in [0.25, 0.3) is 0 Å². The summed E-state index contributed by atoms with van der Waals surface area (Å²) in [5, 5.41) is 11.0. The summed E-state index contributed by atoms with van der Waals surface area (Å²) in [6.07, 6.45) is 1.71. The van der Waals surface area contributed by atoms with Crippen LogP contribution in [0.3, 0.4) is 0 Å². The molecule has 1 aromatic heterocycles. The zero-order valence-corrected chi connectivity index (χ0v) is 15.2. The number of aliphatic imine (C=N–C) groups is 1. The molecule has 0 spiro atoms. The van der Waals surface area contributed by atoms with Gasteiger partial charge in [-0.2, -0.15) is 0 Å². The van der Waals surface area contributed by atoms with Crippen LogP contribution in [-0.4, -0.2) is 16.4 Å². The van der Waals surface area contributed by atoms with Crippen LogP contribution < -0.4 is 4.74 Å². The Morgan fingerprint density at radius 3 is 2.50 bits per heavy atom. The molecular weight excluding hydrogens is 389 g/mol. The highest BCUT2D eigenvalue weighted by molar-refractivity contribution is 7.14. The van der Waals surface area contributed by atoms with Crippen molar-refractivity contribution in [2.75, 3.05) is 0 Å². The largest absolute Gasteiger partial charge is 0.485 e. The van der Waals surface area contributed by atoms with E-state index in [1.165, 1.54) is 11.3 Å². The SMILES string of the molecule is Clc1ccc(C=Nc2nnc(COc3ccc(Cl)cc3Cl)s2)cc1. The molecule has 0 radical (unpaired) electrons. The molecule has 2 aromatic carbocycles. The maximum atomic E-state index is 6.05. The molecule has 122 valence electrons. The Morgan fingerprint density at radius 1 is 1.00 bits per heavy atom. The third kappa shape index (κ3) is 4.68. The van der Waals surface area contributed by atoms with E-state index in [0.717, 1.165) is 5.56 Å². The van der Waals surface area contributed by atoms with Gasteiger partial charge < -0.3 is 4.74 Å². The molecule has 0 amide bonds. The van der Waals surface area contributed by atoms with Crippen LogP contribution in [0, 0.1) is 0 Å². The minimum Gasteiger partial charge on any atom is -0.485 e. The summed E-state index contributed by atoms with van der Waals surface area (Å²) in [6.45, 7) is 0.259. The van der Waals surface area contributed by atoms with E-state index >= 15 is 0 Å². The zero-order valence-electron chi connectivity index (χ0n) is 12.1. The second-order valence-electron chi connectivity index (χ2n) is 4.65. The van der Waals surface area contributed by atoms with E-state index in [1.807, 2.05) is 12.1 Å². The Bertz CT molecular complexity index is 865. The normalized spacial score (nSPS) is 11.1. The van der Waals surface area contributed by atoms with Gasteiger partial charge in [-0.3, -0.25) is 0 Å². The quantitative estimate of drug-likeness (QED) is 0.508. The number of aromatic nitrogens is 2. The number of benzene rings is 2. The Labute approximate surface area is 157 Å². The molecule has 0 aliphatic carbocycles. The van der Waals surface area contributed by atoms with Gasteiger partial charge in [-0.05, 0) is 35.9 Å². The fourth-order valence-corrected chi connectivity index (χ4v) is 2.95. The summed E-state index contributed by atoms with van der Waals surface area (Å²) in [5.74, 6) is 0.544. The predicted octanol–water partition coefficient (Wildman–Crippen LogP) is 5.83. The van der Waals surface area contributed by atoms with Gasteiger partial charge in [0.05, 0.1) is 5.02 Å². The molecule has 3 rings (SSSR count). The highest BCUT2D eigenvalue weighted by atomic mass is 35.5. The lowest BCUT2D eigenvalue weighted by atomic mass is 10.2. The highest BCUT2D eigenvalue weighted by Gasteiger charge is 2.06. The minimum absolute atomic E-state index is 0.259. The third-order valence-electron chi connectivity index (χ3n) is 2.90. The van der Waals surface area contributed by atoms with Gasteiger partial charge >= 0.3 is 0 Å². The molecule has 0 saturated carbocycles. The van der Waals surface area contributed by atoms with Crippen molar-refractivity contribution in [1.29, 1.82) is 0 Å². The van der Waals surface area contributed by atoms with E-state index in [-0.39, 0.29) is 6.61 Å². The van der Waals surface area contributed by atoms with Crippen molar-refractivity contribution in [3.63, 3.8) is 0 Å². The fraction of sp³-hybridized carbons (Fsp3) is 0.0625. The molecule has 3 aromatic rings. The summed E-state index contributed by atoms with van der Waals surface area (Å²) in [4.78, 5) is 4.29. The van der Waals surface area contributed by atoms with Gasteiger partial charge in [0.1, 0.15) is 12.4 Å². The van der Waals surface area contributed by atoms with Crippen LogP contribution in [0.25, 0.3) is 0 Å². The van der Waals surface area contributed by atoms with Crippen molar-refractivity contribution in [3.8, 4) is 5.75 Å². The van der Waals surface area contributed by atoms with Gasteiger partial charge in [0, 0.05) is 16.3 Å². The van der Waals surface area contributed by atoms with E-state index in [2.05, 4.69) is 15.2 Å². The lowest BCUT2D eigenvalue weighted by Gasteiger charge is -2.05. The van der Waals surface area contributed by atoms with E-state index in [9.17, 15) is 0 Å². The first-order valence-electron chi connectivity index (χ1n) is 6.80. The Hall–Kier alpha value is -1.66. The lowest BCUT2D eigenvalue weighted by molar-refractivity contribution is 0.305. The molecule has 0 aliphatic heterocycles. The molecule has 0 atom stereocenters. The average molecular weight is 399 g/mol. The number of hydrogen-bond acceptors (Lipinski definition) is 5. The Balaban J connectivity index is 1.62. The molecule has 0 saturated heterocycles. The van der Waals surface area contributed by atoms with Crippen molar-refractivity contribution >= 4 is 57.5 Å². The molecule has 0 bridgehead atoms. The van der Waals surface area contributed by atoms with Crippen molar-refractivity contribution in [3.05, 3.63) is 68.1 Å². The number of ether oxygens (including phenoxy) is 1. The molecule has 24 heavy (non-hydrogen) atoms. The molecule has 0 unspecified atom stereocenters.